The summed E-state index contributed by atoms with van der Waals surface area (Å²) in [5.41, 5.74) is 0.533. The van der Waals surface area contributed by atoms with Crippen molar-refractivity contribution in [1.29, 1.82) is 0 Å². The molecule has 0 bridgehead atoms. The highest BCUT2D eigenvalue weighted by atomic mass is 35.5. The van der Waals surface area contributed by atoms with Crippen molar-refractivity contribution in [3.05, 3.63) is 22.6 Å². The van der Waals surface area contributed by atoms with Crippen LogP contribution < -0.4 is 10.5 Å². The normalized spacial score (nSPS) is 12.5. The Kier molecular flexibility index (Phi) is 4.76. The average molecular weight is 246 g/mol. The number of rotatable bonds is 5. The highest BCUT2D eigenvalue weighted by Crippen LogP contribution is 2.05. The monoisotopic (exact) mass is 245 g/mol. The average Bonchev–Trinajstić information content (AvgIpc) is 2.30. The number of alkyl halides is 1. The Balaban J connectivity index is 2.87. The van der Waals surface area contributed by atoms with Gasteiger partial charge in [0, 0.05) is 19.7 Å². The number of anilines is 1. The summed E-state index contributed by atoms with van der Waals surface area (Å²) >= 11 is 5.46. The van der Waals surface area contributed by atoms with Crippen LogP contribution in [-0.2, 0) is 6.54 Å². The van der Waals surface area contributed by atoms with Gasteiger partial charge in [-0.1, -0.05) is 0 Å². The Morgan fingerprint density at radius 3 is 2.88 bits per heavy atom. The van der Waals surface area contributed by atoms with Crippen molar-refractivity contribution < 1.29 is 5.11 Å². The maximum Gasteiger partial charge on any atom is 0.268 e. The van der Waals surface area contributed by atoms with E-state index in [1.165, 1.54) is 10.7 Å². The summed E-state index contributed by atoms with van der Waals surface area (Å²) in [5, 5.41) is 13.3. The molecule has 6 heteroatoms. The van der Waals surface area contributed by atoms with Gasteiger partial charge in [-0.25, -0.2) is 4.68 Å². The predicted octanol–water partition coefficient (Wildman–Crippen LogP) is 0.299. The first kappa shape index (κ1) is 13.0. The van der Waals surface area contributed by atoms with Crippen LogP contribution in [0.25, 0.3) is 0 Å². The molecule has 0 amide bonds. The van der Waals surface area contributed by atoms with Crippen molar-refractivity contribution in [3.8, 4) is 0 Å². The first-order chi connectivity index (χ1) is 7.58. The van der Waals surface area contributed by atoms with Crippen LogP contribution >= 0.6 is 11.6 Å². The molecule has 90 valence electrons. The minimum Gasteiger partial charge on any atom is -0.390 e. The molecule has 0 aliphatic rings. The second-order valence-corrected chi connectivity index (χ2v) is 3.87. The molecule has 0 saturated carbocycles. The van der Waals surface area contributed by atoms with Crippen LogP contribution in [0.1, 0.15) is 6.92 Å². The van der Waals surface area contributed by atoms with Crippen molar-refractivity contribution in [1.82, 2.24) is 9.78 Å². The second-order valence-electron chi connectivity index (χ2n) is 3.56. The summed E-state index contributed by atoms with van der Waals surface area (Å²) in [6, 6.07) is 1.50. The zero-order chi connectivity index (χ0) is 12.1. The van der Waals surface area contributed by atoms with E-state index in [-0.39, 0.29) is 18.0 Å². The third-order valence-corrected chi connectivity index (χ3v) is 2.69. The molecule has 16 heavy (non-hydrogen) atoms. The van der Waals surface area contributed by atoms with Crippen LogP contribution in [0.15, 0.2) is 17.1 Å². The van der Waals surface area contributed by atoms with Gasteiger partial charge in [-0.05, 0) is 6.92 Å². The number of hydrogen-bond donors (Lipinski definition) is 1. The molecule has 0 spiro atoms. The molecule has 1 heterocycles. The van der Waals surface area contributed by atoms with Crippen molar-refractivity contribution >= 4 is 17.3 Å². The lowest BCUT2D eigenvalue weighted by Gasteiger charge is -2.16. The van der Waals surface area contributed by atoms with Crippen LogP contribution in [0.3, 0.4) is 0 Å². The molecule has 1 N–H and O–H groups in total. The van der Waals surface area contributed by atoms with Gasteiger partial charge < -0.3 is 10.0 Å². The minimum atomic E-state index is -0.748. The van der Waals surface area contributed by atoms with Gasteiger partial charge in [-0.15, -0.1) is 11.6 Å². The number of aliphatic hydroxyl groups excluding tert-OH is 1. The molecule has 0 aromatic carbocycles. The van der Waals surface area contributed by atoms with Crippen LogP contribution in [0.4, 0.5) is 5.69 Å². The molecule has 0 fully saturated rings. The highest BCUT2D eigenvalue weighted by Gasteiger charge is 2.07. The van der Waals surface area contributed by atoms with E-state index in [0.717, 1.165) is 12.2 Å². The molecular weight excluding hydrogens is 230 g/mol. The van der Waals surface area contributed by atoms with E-state index in [4.69, 9.17) is 11.6 Å². The Bertz CT molecular complexity index is 394. The smallest absolute Gasteiger partial charge is 0.268 e. The molecule has 0 saturated heterocycles. The van der Waals surface area contributed by atoms with Gasteiger partial charge in [-0.2, -0.15) is 5.10 Å². The Hall–Kier alpha value is -1.07. The lowest BCUT2D eigenvalue weighted by Crippen LogP contribution is -2.30. The van der Waals surface area contributed by atoms with Gasteiger partial charge >= 0.3 is 0 Å². The maximum absolute atomic E-state index is 11.6. The van der Waals surface area contributed by atoms with Crippen molar-refractivity contribution in [2.45, 2.75) is 19.6 Å². The Labute approximate surface area is 99.3 Å². The lowest BCUT2D eigenvalue weighted by molar-refractivity contribution is 0.169. The molecule has 5 nitrogen and oxygen atoms in total. The van der Waals surface area contributed by atoms with E-state index < -0.39 is 6.10 Å². The van der Waals surface area contributed by atoms with E-state index in [1.807, 2.05) is 18.9 Å². The third-order valence-electron chi connectivity index (χ3n) is 2.33. The van der Waals surface area contributed by atoms with Gasteiger partial charge in [0.2, 0.25) is 0 Å². The lowest BCUT2D eigenvalue weighted by atomic mass is 10.4. The van der Waals surface area contributed by atoms with E-state index in [1.54, 1.807) is 6.20 Å². The number of aliphatic hydroxyl groups is 1. The van der Waals surface area contributed by atoms with Crippen LogP contribution in [0.2, 0.25) is 0 Å². The summed E-state index contributed by atoms with van der Waals surface area (Å²) in [5.74, 6) is 0.0880. The van der Waals surface area contributed by atoms with E-state index in [0.29, 0.717) is 0 Å². The first-order valence-corrected chi connectivity index (χ1v) is 5.64. The van der Waals surface area contributed by atoms with Crippen LogP contribution in [-0.4, -0.2) is 40.5 Å². The molecule has 1 unspecified atom stereocenters. The quantitative estimate of drug-likeness (QED) is 0.758. The Morgan fingerprint density at radius 2 is 2.38 bits per heavy atom. The standard InChI is InChI=1S/C10H16ClN3O2/c1-3-13(2)8-4-10(16)14(12-6-8)7-9(15)5-11/h4,6,9,15H,3,5,7H2,1-2H3. The molecule has 0 aliphatic carbocycles. The zero-order valence-electron chi connectivity index (χ0n) is 9.43. The van der Waals surface area contributed by atoms with E-state index in [2.05, 4.69) is 5.10 Å². The SMILES string of the molecule is CCN(C)c1cnn(CC(O)CCl)c(=O)c1. The molecule has 0 radical (unpaired) electrons. The molecular formula is C10H16ClN3O2. The highest BCUT2D eigenvalue weighted by molar-refractivity contribution is 6.18. The van der Waals surface area contributed by atoms with E-state index in [9.17, 15) is 9.90 Å². The van der Waals surface area contributed by atoms with E-state index >= 15 is 0 Å². The fourth-order valence-corrected chi connectivity index (χ4v) is 1.30. The first-order valence-electron chi connectivity index (χ1n) is 5.10. The number of aromatic nitrogens is 2. The fourth-order valence-electron chi connectivity index (χ4n) is 1.20. The van der Waals surface area contributed by atoms with Crippen molar-refractivity contribution in [2.24, 2.45) is 0 Å². The number of nitrogens with zero attached hydrogens (tertiary/aromatic N) is 3. The summed E-state index contributed by atoms with van der Waals surface area (Å²) < 4.78 is 1.21. The summed E-state index contributed by atoms with van der Waals surface area (Å²) in [7, 11) is 1.88. The third kappa shape index (κ3) is 3.21. The largest absolute Gasteiger partial charge is 0.390 e. The summed E-state index contributed by atoms with van der Waals surface area (Å²) in [4.78, 5) is 13.5. The van der Waals surface area contributed by atoms with Crippen molar-refractivity contribution in [2.75, 3.05) is 24.4 Å². The Morgan fingerprint density at radius 1 is 1.69 bits per heavy atom. The topological polar surface area (TPSA) is 58.4 Å². The number of hydrogen-bond acceptors (Lipinski definition) is 4. The molecule has 1 atom stereocenters. The van der Waals surface area contributed by atoms with Gasteiger partial charge in [0.05, 0.1) is 30.4 Å². The van der Waals surface area contributed by atoms with Crippen molar-refractivity contribution in [3.63, 3.8) is 0 Å². The van der Waals surface area contributed by atoms with Gasteiger partial charge in [0.15, 0.2) is 0 Å². The predicted molar refractivity (Wildman–Crippen MR) is 64.2 cm³/mol. The minimum absolute atomic E-state index is 0.0880. The van der Waals surface area contributed by atoms with Gasteiger partial charge in [0.1, 0.15) is 0 Å². The number of halogens is 1. The molecule has 0 aliphatic heterocycles. The van der Waals surface area contributed by atoms with Gasteiger partial charge in [0.25, 0.3) is 5.56 Å². The second kappa shape index (κ2) is 5.86. The fraction of sp³-hybridized carbons (Fsp3) is 0.600. The molecule has 1 aromatic heterocycles. The van der Waals surface area contributed by atoms with Gasteiger partial charge in [-0.3, -0.25) is 4.79 Å². The summed E-state index contributed by atoms with van der Waals surface area (Å²) in [6.07, 6.45) is 0.855. The maximum atomic E-state index is 11.6. The molecule has 1 aromatic rings. The summed E-state index contributed by atoms with van der Waals surface area (Å²) in [6.45, 7) is 2.91. The molecule has 1 rings (SSSR count). The van der Waals surface area contributed by atoms with Crippen LogP contribution in [0.5, 0.6) is 0 Å². The zero-order valence-corrected chi connectivity index (χ0v) is 10.2. The van der Waals surface area contributed by atoms with Crippen LogP contribution in [0, 0.1) is 0 Å².